The summed E-state index contributed by atoms with van der Waals surface area (Å²) in [6.45, 7) is 1.24. The lowest BCUT2D eigenvalue weighted by molar-refractivity contribution is 0.0969. The topological polar surface area (TPSA) is 107 Å². The molecule has 0 aliphatic heterocycles. The van der Waals surface area contributed by atoms with Gasteiger partial charge in [-0.2, -0.15) is 0 Å². The van der Waals surface area contributed by atoms with Crippen molar-refractivity contribution >= 4 is 26.7 Å². The zero-order valence-electron chi connectivity index (χ0n) is 16.9. The van der Waals surface area contributed by atoms with Crippen LogP contribution < -0.4 is 16.0 Å². The van der Waals surface area contributed by atoms with Crippen molar-refractivity contribution in [3.63, 3.8) is 0 Å². The highest BCUT2D eigenvalue weighted by molar-refractivity contribution is 7.89. The summed E-state index contributed by atoms with van der Waals surface area (Å²) < 4.78 is 43.0. The number of nitrogens with one attached hydrogen (secondary N) is 1. The Morgan fingerprint density at radius 1 is 1.13 bits per heavy atom. The molecule has 0 saturated heterocycles. The second kappa shape index (κ2) is 7.24. The van der Waals surface area contributed by atoms with Crippen LogP contribution in [0.25, 0.3) is 10.9 Å². The molecule has 3 aromatic rings. The molecule has 0 atom stereocenters. The van der Waals surface area contributed by atoms with Gasteiger partial charge in [-0.15, -0.1) is 0 Å². The van der Waals surface area contributed by atoms with Gasteiger partial charge in [0, 0.05) is 18.2 Å². The predicted octanol–water partition coefficient (Wildman–Crippen LogP) is 1.55. The van der Waals surface area contributed by atoms with E-state index in [1.807, 2.05) is 0 Å². The van der Waals surface area contributed by atoms with Crippen molar-refractivity contribution in [2.75, 3.05) is 0 Å². The molecule has 0 radical (unpaired) electrons. The van der Waals surface area contributed by atoms with Gasteiger partial charge in [0.05, 0.1) is 22.3 Å². The van der Waals surface area contributed by atoms with Crippen LogP contribution in [0.5, 0.6) is 0 Å². The molecular formula is C21H20FN3O5S. The van der Waals surface area contributed by atoms with E-state index in [1.54, 1.807) is 6.92 Å². The summed E-state index contributed by atoms with van der Waals surface area (Å²) >= 11 is 0. The highest BCUT2D eigenvalue weighted by atomic mass is 32.2. The Morgan fingerprint density at radius 2 is 1.77 bits per heavy atom. The van der Waals surface area contributed by atoms with Crippen LogP contribution in [-0.4, -0.2) is 28.9 Å². The van der Waals surface area contributed by atoms with E-state index in [1.165, 1.54) is 41.9 Å². The van der Waals surface area contributed by atoms with Crippen LogP contribution in [0.3, 0.4) is 0 Å². The van der Waals surface area contributed by atoms with Crippen LogP contribution in [0.4, 0.5) is 4.39 Å². The fraction of sp³-hybridized carbons (Fsp3) is 0.286. The maximum Gasteiger partial charge on any atom is 0.331 e. The van der Waals surface area contributed by atoms with Crippen LogP contribution >= 0.6 is 0 Å². The van der Waals surface area contributed by atoms with E-state index in [9.17, 15) is 27.2 Å². The van der Waals surface area contributed by atoms with E-state index in [4.69, 9.17) is 0 Å². The normalized spacial score (nSPS) is 15.2. The molecule has 8 nitrogen and oxygen atoms in total. The monoisotopic (exact) mass is 445 g/mol. The third kappa shape index (κ3) is 3.96. The van der Waals surface area contributed by atoms with Gasteiger partial charge in [-0.05, 0) is 62.2 Å². The maximum absolute atomic E-state index is 13.1. The maximum atomic E-state index is 13.1. The number of ketones is 1. The number of fused-ring (bicyclic) bond motifs is 1. The quantitative estimate of drug-likeness (QED) is 0.580. The number of carbonyl (C=O) groups is 1. The van der Waals surface area contributed by atoms with E-state index in [-0.39, 0.29) is 21.4 Å². The Labute approximate surface area is 177 Å². The third-order valence-corrected chi connectivity index (χ3v) is 7.12. The minimum absolute atomic E-state index is 0.00201. The predicted molar refractivity (Wildman–Crippen MR) is 112 cm³/mol. The van der Waals surface area contributed by atoms with Gasteiger partial charge in [-0.1, -0.05) is 0 Å². The van der Waals surface area contributed by atoms with Gasteiger partial charge in [0.2, 0.25) is 10.0 Å². The SMILES string of the molecule is Cn1c(=O)n(CC(=O)c2ccc(F)cc2)c(=O)c2cc(S(=O)(=O)NC3(C)CC3)ccc21. The van der Waals surface area contributed by atoms with Crippen molar-refractivity contribution in [2.45, 2.75) is 36.7 Å². The fourth-order valence-corrected chi connectivity index (χ4v) is 4.84. The molecule has 0 bridgehead atoms. The summed E-state index contributed by atoms with van der Waals surface area (Å²) in [6, 6.07) is 8.70. The van der Waals surface area contributed by atoms with Crippen molar-refractivity contribution in [1.82, 2.24) is 13.9 Å². The smallest absolute Gasteiger partial charge is 0.296 e. The van der Waals surface area contributed by atoms with Crippen LogP contribution in [0.15, 0.2) is 56.9 Å². The molecule has 1 aromatic heterocycles. The molecule has 1 aliphatic rings. The Bertz CT molecular complexity index is 1430. The highest BCUT2D eigenvalue weighted by Gasteiger charge is 2.41. The van der Waals surface area contributed by atoms with Gasteiger partial charge in [-0.3, -0.25) is 18.7 Å². The molecule has 1 aliphatic carbocycles. The number of aryl methyl sites for hydroxylation is 1. The first kappa shape index (κ1) is 21.1. The summed E-state index contributed by atoms with van der Waals surface area (Å²) in [5.41, 5.74) is -1.58. The van der Waals surface area contributed by atoms with Crippen LogP contribution in [-0.2, 0) is 23.6 Å². The number of halogens is 1. The Balaban J connectivity index is 1.79. The average Bonchev–Trinajstić information content (AvgIpc) is 3.45. The number of aromatic nitrogens is 2. The van der Waals surface area contributed by atoms with Crippen LogP contribution in [0, 0.1) is 5.82 Å². The minimum atomic E-state index is -3.86. The summed E-state index contributed by atoms with van der Waals surface area (Å²) in [7, 11) is -2.43. The second-order valence-electron chi connectivity index (χ2n) is 8.01. The van der Waals surface area contributed by atoms with E-state index < -0.39 is 45.0 Å². The lowest BCUT2D eigenvalue weighted by Gasteiger charge is -2.14. The first-order chi connectivity index (χ1) is 14.5. The first-order valence-electron chi connectivity index (χ1n) is 9.57. The third-order valence-electron chi connectivity index (χ3n) is 5.48. The zero-order valence-corrected chi connectivity index (χ0v) is 17.7. The van der Waals surface area contributed by atoms with Crippen LogP contribution in [0.1, 0.15) is 30.1 Å². The lowest BCUT2D eigenvalue weighted by Crippen LogP contribution is -2.41. The van der Waals surface area contributed by atoms with Gasteiger partial charge in [0.25, 0.3) is 5.56 Å². The molecule has 2 aromatic carbocycles. The Morgan fingerprint density at radius 3 is 2.39 bits per heavy atom. The molecule has 0 spiro atoms. The number of carbonyl (C=O) groups excluding carboxylic acids is 1. The summed E-state index contributed by atoms with van der Waals surface area (Å²) in [4.78, 5) is 38.1. The molecule has 0 unspecified atom stereocenters. The lowest BCUT2D eigenvalue weighted by atomic mass is 10.1. The van der Waals surface area contributed by atoms with Gasteiger partial charge in [0.1, 0.15) is 5.82 Å². The van der Waals surface area contributed by atoms with E-state index in [0.717, 1.165) is 29.5 Å². The summed E-state index contributed by atoms with van der Waals surface area (Å²) in [6.07, 6.45) is 1.46. The van der Waals surface area contributed by atoms with Gasteiger partial charge < -0.3 is 0 Å². The highest BCUT2D eigenvalue weighted by Crippen LogP contribution is 2.36. The molecule has 1 fully saturated rings. The van der Waals surface area contributed by atoms with E-state index >= 15 is 0 Å². The van der Waals surface area contributed by atoms with Crippen molar-refractivity contribution in [3.05, 3.63) is 74.7 Å². The van der Waals surface area contributed by atoms with Crippen molar-refractivity contribution in [2.24, 2.45) is 7.05 Å². The summed E-state index contributed by atoms with van der Waals surface area (Å²) in [5, 5.41) is -0.00201. The molecule has 1 N–H and O–H groups in total. The fourth-order valence-electron chi connectivity index (χ4n) is 3.35. The van der Waals surface area contributed by atoms with Crippen LogP contribution in [0.2, 0.25) is 0 Å². The number of nitrogens with zero attached hydrogens (tertiary/aromatic N) is 2. The molecule has 0 amide bonds. The Kier molecular flexibility index (Phi) is 4.94. The van der Waals surface area contributed by atoms with Crippen molar-refractivity contribution in [1.29, 1.82) is 0 Å². The number of hydrogen-bond donors (Lipinski definition) is 1. The molecule has 1 saturated carbocycles. The molecule has 1 heterocycles. The average molecular weight is 445 g/mol. The van der Waals surface area contributed by atoms with Gasteiger partial charge >= 0.3 is 5.69 Å². The second-order valence-corrected chi connectivity index (χ2v) is 9.69. The molecule has 162 valence electrons. The molecule has 4 rings (SSSR count). The summed E-state index contributed by atoms with van der Waals surface area (Å²) in [5.74, 6) is -1.07. The number of sulfonamides is 1. The van der Waals surface area contributed by atoms with Gasteiger partial charge in [0.15, 0.2) is 5.78 Å². The van der Waals surface area contributed by atoms with E-state index in [2.05, 4.69) is 4.72 Å². The number of benzene rings is 2. The van der Waals surface area contributed by atoms with Crippen molar-refractivity contribution in [3.8, 4) is 0 Å². The Hall–Kier alpha value is -3.11. The minimum Gasteiger partial charge on any atom is -0.296 e. The largest absolute Gasteiger partial charge is 0.331 e. The van der Waals surface area contributed by atoms with Gasteiger partial charge in [-0.25, -0.2) is 22.3 Å². The standard InChI is InChI=1S/C21H20FN3O5S/c1-21(9-10-21)23-31(29,30)15-7-8-17-16(11-15)19(27)25(20(28)24(17)2)12-18(26)13-3-5-14(22)6-4-13/h3-8,11,23H,9-10,12H2,1-2H3. The molecular weight excluding hydrogens is 425 g/mol. The number of Topliss-reactive ketones (excluding diaryl/α,β-unsaturated/α-hetero) is 1. The number of rotatable bonds is 6. The zero-order chi connectivity index (χ0) is 22.6. The molecule has 31 heavy (non-hydrogen) atoms. The number of hydrogen-bond acceptors (Lipinski definition) is 5. The van der Waals surface area contributed by atoms with Crippen molar-refractivity contribution < 1.29 is 17.6 Å². The molecule has 10 heteroatoms. The first-order valence-corrected chi connectivity index (χ1v) is 11.1. The van der Waals surface area contributed by atoms with E-state index in [0.29, 0.717) is 0 Å².